The van der Waals surface area contributed by atoms with Crippen LogP contribution in [0.15, 0.2) is 30.3 Å². The molecule has 0 unspecified atom stereocenters. The average molecular weight is 364 g/mol. The molecule has 3 aromatic rings. The molecule has 0 aliphatic heterocycles. The van der Waals surface area contributed by atoms with Crippen molar-refractivity contribution in [2.45, 2.75) is 6.61 Å². The van der Waals surface area contributed by atoms with E-state index in [4.69, 9.17) is 15.6 Å². The number of carbonyl (C=O) groups excluding carboxylic acids is 1. The number of primary amides is 1. The van der Waals surface area contributed by atoms with E-state index < -0.39 is 29.1 Å². The first-order valence-electron chi connectivity index (χ1n) is 6.90. The second kappa shape index (κ2) is 6.44. The van der Waals surface area contributed by atoms with Crippen molar-refractivity contribution < 1.29 is 28.2 Å². The number of aromatic carboxylic acids is 1. The summed E-state index contributed by atoms with van der Waals surface area (Å²) in [6.07, 6.45) is 0. The van der Waals surface area contributed by atoms with Gasteiger partial charge >= 0.3 is 5.97 Å². The van der Waals surface area contributed by atoms with E-state index in [9.17, 15) is 18.4 Å². The Morgan fingerprint density at radius 1 is 1.24 bits per heavy atom. The SMILES string of the molecule is NC(=O)c1c(F)ccc(OCc2nc3ccc(C(=O)O)cc3s2)c1F. The third kappa shape index (κ3) is 3.26. The minimum Gasteiger partial charge on any atom is -0.483 e. The second-order valence-electron chi connectivity index (χ2n) is 4.98. The van der Waals surface area contributed by atoms with Crippen LogP contribution in [0.3, 0.4) is 0 Å². The Morgan fingerprint density at radius 2 is 2.00 bits per heavy atom. The highest BCUT2D eigenvalue weighted by molar-refractivity contribution is 7.18. The maximum Gasteiger partial charge on any atom is 0.335 e. The van der Waals surface area contributed by atoms with Crippen molar-refractivity contribution in [3.63, 3.8) is 0 Å². The third-order valence-electron chi connectivity index (χ3n) is 3.33. The number of halogens is 2. The normalized spacial score (nSPS) is 10.8. The van der Waals surface area contributed by atoms with Crippen LogP contribution in [0.4, 0.5) is 8.78 Å². The van der Waals surface area contributed by atoms with Crippen LogP contribution in [-0.4, -0.2) is 22.0 Å². The zero-order valence-electron chi connectivity index (χ0n) is 12.5. The molecule has 1 amide bonds. The van der Waals surface area contributed by atoms with Crippen LogP contribution in [0, 0.1) is 11.6 Å². The van der Waals surface area contributed by atoms with Gasteiger partial charge < -0.3 is 15.6 Å². The molecule has 0 fully saturated rings. The van der Waals surface area contributed by atoms with Crippen molar-refractivity contribution in [3.05, 3.63) is 58.1 Å². The van der Waals surface area contributed by atoms with Crippen molar-refractivity contribution in [2.24, 2.45) is 5.73 Å². The number of benzene rings is 2. The first kappa shape index (κ1) is 16.8. The molecule has 0 radical (unpaired) electrons. The summed E-state index contributed by atoms with van der Waals surface area (Å²) >= 11 is 1.18. The Kier molecular flexibility index (Phi) is 4.32. The molecule has 1 aromatic heterocycles. The largest absolute Gasteiger partial charge is 0.483 e. The number of thiazole rings is 1. The molecule has 128 valence electrons. The molecule has 0 saturated heterocycles. The van der Waals surface area contributed by atoms with Gasteiger partial charge in [0.1, 0.15) is 23.0 Å². The van der Waals surface area contributed by atoms with E-state index in [-0.39, 0.29) is 17.9 Å². The first-order valence-corrected chi connectivity index (χ1v) is 7.72. The van der Waals surface area contributed by atoms with Crippen LogP contribution in [0.25, 0.3) is 10.2 Å². The van der Waals surface area contributed by atoms with Crippen LogP contribution in [0.5, 0.6) is 5.75 Å². The number of hydrogen-bond donors (Lipinski definition) is 2. The van der Waals surface area contributed by atoms with E-state index in [2.05, 4.69) is 4.98 Å². The Hall–Kier alpha value is -3.07. The van der Waals surface area contributed by atoms with E-state index in [1.807, 2.05) is 0 Å². The summed E-state index contributed by atoms with van der Waals surface area (Å²) in [7, 11) is 0. The molecule has 0 aliphatic carbocycles. The lowest BCUT2D eigenvalue weighted by Gasteiger charge is -2.08. The quantitative estimate of drug-likeness (QED) is 0.725. The van der Waals surface area contributed by atoms with Gasteiger partial charge in [0.2, 0.25) is 0 Å². The summed E-state index contributed by atoms with van der Waals surface area (Å²) in [5.74, 6) is -4.87. The predicted octanol–water partition coefficient (Wildman–Crippen LogP) is 2.95. The Balaban J connectivity index is 1.84. The minimum absolute atomic E-state index is 0.124. The number of carboxylic acids is 1. The number of ether oxygens (including phenoxy) is 1. The van der Waals surface area contributed by atoms with Gasteiger partial charge in [-0.1, -0.05) is 0 Å². The lowest BCUT2D eigenvalue weighted by atomic mass is 10.2. The number of aromatic nitrogens is 1. The van der Waals surface area contributed by atoms with Gasteiger partial charge in [0.15, 0.2) is 11.6 Å². The maximum atomic E-state index is 14.1. The summed E-state index contributed by atoms with van der Waals surface area (Å²) in [4.78, 5) is 26.3. The molecule has 3 N–H and O–H groups in total. The highest BCUT2D eigenvalue weighted by atomic mass is 32.1. The smallest absolute Gasteiger partial charge is 0.335 e. The predicted molar refractivity (Wildman–Crippen MR) is 85.8 cm³/mol. The van der Waals surface area contributed by atoms with E-state index in [1.165, 1.54) is 23.5 Å². The molecular weight excluding hydrogens is 354 g/mol. The molecule has 6 nitrogen and oxygen atoms in total. The van der Waals surface area contributed by atoms with Crippen LogP contribution >= 0.6 is 11.3 Å². The summed E-state index contributed by atoms with van der Waals surface area (Å²) in [5, 5.41) is 9.44. The number of carboxylic acid groups (broad SMARTS) is 1. The van der Waals surface area contributed by atoms with Gasteiger partial charge in [-0.25, -0.2) is 18.6 Å². The van der Waals surface area contributed by atoms with Gasteiger partial charge in [-0.15, -0.1) is 11.3 Å². The highest BCUT2D eigenvalue weighted by Gasteiger charge is 2.19. The minimum atomic E-state index is -1.23. The van der Waals surface area contributed by atoms with Crippen molar-refractivity contribution in [1.29, 1.82) is 0 Å². The molecule has 0 saturated carbocycles. The summed E-state index contributed by atoms with van der Waals surface area (Å²) in [6, 6.07) is 6.39. The molecule has 2 aromatic carbocycles. The molecule has 0 aliphatic rings. The molecule has 25 heavy (non-hydrogen) atoms. The maximum absolute atomic E-state index is 14.1. The lowest BCUT2D eigenvalue weighted by molar-refractivity contribution is 0.0696. The van der Waals surface area contributed by atoms with Crippen LogP contribution in [-0.2, 0) is 6.61 Å². The second-order valence-corrected chi connectivity index (χ2v) is 6.10. The van der Waals surface area contributed by atoms with Crippen LogP contribution < -0.4 is 10.5 Å². The fourth-order valence-electron chi connectivity index (χ4n) is 2.18. The molecule has 0 atom stereocenters. The van der Waals surface area contributed by atoms with E-state index in [0.29, 0.717) is 15.2 Å². The van der Waals surface area contributed by atoms with E-state index in [0.717, 1.165) is 12.1 Å². The molecule has 3 rings (SSSR count). The fourth-order valence-corrected chi connectivity index (χ4v) is 3.10. The lowest BCUT2D eigenvalue weighted by Crippen LogP contribution is -2.16. The van der Waals surface area contributed by atoms with Gasteiger partial charge in [-0.05, 0) is 30.3 Å². The average Bonchev–Trinajstić information content (AvgIpc) is 2.95. The van der Waals surface area contributed by atoms with Crippen LogP contribution in [0.1, 0.15) is 25.7 Å². The molecular formula is C16H10F2N2O4S. The number of fused-ring (bicyclic) bond motifs is 1. The number of nitrogens with zero attached hydrogens (tertiary/aromatic N) is 1. The molecule has 0 bridgehead atoms. The van der Waals surface area contributed by atoms with Crippen LogP contribution in [0.2, 0.25) is 0 Å². The highest BCUT2D eigenvalue weighted by Crippen LogP contribution is 2.27. The van der Waals surface area contributed by atoms with Gasteiger partial charge in [-0.3, -0.25) is 4.79 Å². The van der Waals surface area contributed by atoms with Crippen molar-refractivity contribution in [1.82, 2.24) is 4.98 Å². The zero-order chi connectivity index (χ0) is 18.1. The molecule has 0 spiro atoms. The number of rotatable bonds is 5. The summed E-state index contributed by atoms with van der Waals surface area (Å²) < 4.78 is 33.4. The van der Waals surface area contributed by atoms with Gasteiger partial charge in [0, 0.05) is 0 Å². The van der Waals surface area contributed by atoms with Gasteiger partial charge in [-0.2, -0.15) is 0 Å². The number of amides is 1. The molecule has 1 heterocycles. The standard InChI is InChI=1S/C16H10F2N2O4S/c17-8-2-4-10(14(18)13(8)15(19)21)24-6-12-20-9-3-1-7(16(22)23)5-11(9)25-12/h1-5H,6H2,(H2,19,21)(H,22,23). The zero-order valence-corrected chi connectivity index (χ0v) is 13.3. The Labute approximate surface area is 143 Å². The first-order chi connectivity index (χ1) is 11.9. The molecule has 9 heteroatoms. The summed E-state index contributed by atoms with van der Waals surface area (Å²) in [5.41, 5.74) is 4.78. The van der Waals surface area contributed by atoms with E-state index >= 15 is 0 Å². The van der Waals surface area contributed by atoms with Gasteiger partial charge in [0.05, 0.1) is 15.8 Å². The summed E-state index contributed by atoms with van der Waals surface area (Å²) in [6.45, 7) is -0.136. The van der Waals surface area contributed by atoms with Crippen molar-refractivity contribution in [2.75, 3.05) is 0 Å². The number of hydrogen-bond acceptors (Lipinski definition) is 5. The monoisotopic (exact) mass is 364 g/mol. The third-order valence-corrected chi connectivity index (χ3v) is 4.32. The number of nitrogens with two attached hydrogens (primary N) is 1. The van der Waals surface area contributed by atoms with Crippen molar-refractivity contribution >= 4 is 33.4 Å². The van der Waals surface area contributed by atoms with Gasteiger partial charge in [0.25, 0.3) is 5.91 Å². The number of carbonyl (C=O) groups is 2. The fraction of sp³-hybridized carbons (Fsp3) is 0.0625. The van der Waals surface area contributed by atoms with E-state index in [1.54, 1.807) is 6.07 Å². The Morgan fingerprint density at radius 3 is 2.68 bits per heavy atom. The Bertz CT molecular complexity index is 1000. The van der Waals surface area contributed by atoms with Crippen molar-refractivity contribution in [3.8, 4) is 5.75 Å². The topological polar surface area (TPSA) is 103 Å².